The van der Waals surface area contributed by atoms with Gasteiger partial charge in [0.05, 0.1) is 7.11 Å². The summed E-state index contributed by atoms with van der Waals surface area (Å²) in [5, 5.41) is 3.49. The molecule has 0 amide bonds. The van der Waals surface area contributed by atoms with Gasteiger partial charge in [0.15, 0.2) is 11.5 Å². The Kier molecular flexibility index (Phi) is 6.44. The number of nitrogens with one attached hydrogen (secondary N) is 1. The van der Waals surface area contributed by atoms with Gasteiger partial charge >= 0.3 is 5.97 Å². The Morgan fingerprint density at radius 1 is 1.16 bits per heavy atom. The third kappa shape index (κ3) is 5.43. The molecule has 0 atom stereocenters. The van der Waals surface area contributed by atoms with Gasteiger partial charge in [0.25, 0.3) is 0 Å². The number of hydrogen-bond acceptors (Lipinski definition) is 4. The summed E-state index contributed by atoms with van der Waals surface area (Å²) in [6, 6.07) is 5.82. The van der Waals surface area contributed by atoms with Gasteiger partial charge in [0.2, 0.25) is 0 Å². The summed E-state index contributed by atoms with van der Waals surface area (Å²) >= 11 is 5.57. The lowest BCUT2D eigenvalue weighted by Gasteiger charge is -2.37. The van der Waals surface area contributed by atoms with E-state index in [1.54, 1.807) is 13.2 Å². The van der Waals surface area contributed by atoms with Gasteiger partial charge in [-0.05, 0) is 55.2 Å². The van der Waals surface area contributed by atoms with Gasteiger partial charge < -0.3 is 14.8 Å². The largest absolute Gasteiger partial charge is 0.493 e. The summed E-state index contributed by atoms with van der Waals surface area (Å²) in [5.74, 6) is 1.32. The van der Waals surface area contributed by atoms with Crippen molar-refractivity contribution in [3.05, 3.63) is 23.8 Å². The maximum Gasteiger partial charge on any atom is 0.308 e. The Labute approximate surface area is 156 Å². The fourth-order valence-corrected chi connectivity index (χ4v) is 3.71. The Bertz CT molecular complexity index is 628. The molecule has 1 aromatic carbocycles. The van der Waals surface area contributed by atoms with Crippen molar-refractivity contribution in [1.29, 1.82) is 0 Å². The van der Waals surface area contributed by atoms with E-state index >= 15 is 0 Å². The quantitative estimate of drug-likeness (QED) is 0.485. The minimum absolute atomic E-state index is 0.373. The van der Waals surface area contributed by atoms with Gasteiger partial charge in [0.1, 0.15) is 4.99 Å². The minimum atomic E-state index is -0.373. The summed E-state index contributed by atoms with van der Waals surface area (Å²) < 4.78 is 10.5. The van der Waals surface area contributed by atoms with Crippen LogP contribution in [-0.4, -0.2) is 24.1 Å². The number of hydrogen-bond donors (Lipinski definition) is 1. The fraction of sp³-hybridized carbons (Fsp3) is 0.600. The van der Waals surface area contributed by atoms with Crippen LogP contribution in [0, 0.1) is 11.3 Å². The Balaban J connectivity index is 1.98. The van der Waals surface area contributed by atoms with Crippen LogP contribution in [0.15, 0.2) is 18.2 Å². The first-order chi connectivity index (χ1) is 11.7. The molecule has 1 aromatic rings. The van der Waals surface area contributed by atoms with Crippen molar-refractivity contribution in [1.82, 2.24) is 5.32 Å². The number of methoxy groups -OCH3 is 1. The van der Waals surface area contributed by atoms with Crippen LogP contribution in [0.2, 0.25) is 0 Å². The first-order valence-corrected chi connectivity index (χ1v) is 9.29. The number of ether oxygens (including phenoxy) is 2. The molecule has 0 unspecified atom stereocenters. The molecule has 0 aromatic heterocycles. The van der Waals surface area contributed by atoms with Gasteiger partial charge in [-0.1, -0.05) is 33.0 Å². The van der Waals surface area contributed by atoms with Crippen LogP contribution >= 0.6 is 12.2 Å². The van der Waals surface area contributed by atoms with Crippen molar-refractivity contribution < 1.29 is 14.3 Å². The van der Waals surface area contributed by atoms with Crippen molar-refractivity contribution in [2.45, 2.75) is 59.4 Å². The SMILES string of the molecule is COc1cc(C(=S)NC2CCC(C(C)(C)C)CC2)ccc1OC(C)=O. The summed E-state index contributed by atoms with van der Waals surface area (Å²) in [5.41, 5.74) is 1.26. The molecule has 2 rings (SSSR count). The van der Waals surface area contributed by atoms with E-state index in [-0.39, 0.29) is 5.97 Å². The van der Waals surface area contributed by atoms with Gasteiger partial charge in [-0.25, -0.2) is 0 Å². The standard InChI is InChI=1S/C20H29NO3S/c1-13(22)24-17-11-6-14(12-18(17)23-5)19(25)21-16-9-7-15(8-10-16)20(2,3)4/h6,11-12,15-16H,7-10H2,1-5H3,(H,21,25). The van der Waals surface area contributed by atoms with Crippen LogP contribution in [0.4, 0.5) is 0 Å². The molecule has 138 valence electrons. The van der Waals surface area contributed by atoms with Crippen LogP contribution in [-0.2, 0) is 4.79 Å². The smallest absolute Gasteiger partial charge is 0.308 e. The zero-order valence-electron chi connectivity index (χ0n) is 15.8. The molecule has 0 heterocycles. The molecule has 1 aliphatic carbocycles. The molecular formula is C20H29NO3S. The number of benzene rings is 1. The van der Waals surface area contributed by atoms with Crippen LogP contribution in [0.1, 0.15) is 58.9 Å². The molecule has 1 fully saturated rings. The third-order valence-corrected chi connectivity index (χ3v) is 5.32. The normalized spacial score (nSPS) is 20.7. The molecule has 0 radical (unpaired) electrons. The average molecular weight is 364 g/mol. The summed E-state index contributed by atoms with van der Waals surface area (Å²) in [7, 11) is 1.55. The Hall–Kier alpha value is -1.62. The van der Waals surface area contributed by atoms with E-state index in [1.807, 2.05) is 12.1 Å². The molecule has 0 aliphatic heterocycles. The Morgan fingerprint density at radius 3 is 2.32 bits per heavy atom. The van der Waals surface area contributed by atoms with E-state index in [2.05, 4.69) is 26.1 Å². The van der Waals surface area contributed by atoms with Crippen molar-refractivity contribution >= 4 is 23.2 Å². The monoisotopic (exact) mass is 363 g/mol. The molecule has 1 saturated carbocycles. The van der Waals surface area contributed by atoms with Crippen LogP contribution < -0.4 is 14.8 Å². The zero-order valence-corrected chi connectivity index (χ0v) is 16.7. The maximum atomic E-state index is 11.1. The van der Waals surface area contributed by atoms with E-state index in [0.717, 1.165) is 24.3 Å². The predicted molar refractivity (Wildman–Crippen MR) is 104 cm³/mol. The zero-order chi connectivity index (χ0) is 18.6. The highest BCUT2D eigenvalue weighted by molar-refractivity contribution is 7.80. The first kappa shape index (κ1) is 19.7. The number of esters is 1. The third-order valence-electron chi connectivity index (χ3n) is 4.97. The molecule has 1 N–H and O–H groups in total. The second kappa shape index (κ2) is 8.17. The topological polar surface area (TPSA) is 47.6 Å². The number of thiocarbonyl (C=S) groups is 1. The van der Waals surface area contributed by atoms with Crippen molar-refractivity contribution in [3.8, 4) is 11.5 Å². The Morgan fingerprint density at radius 2 is 1.80 bits per heavy atom. The molecule has 0 bridgehead atoms. The van der Waals surface area contributed by atoms with Crippen molar-refractivity contribution in [2.75, 3.05) is 7.11 Å². The second-order valence-corrected chi connectivity index (χ2v) is 8.26. The average Bonchev–Trinajstić information content (AvgIpc) is 2.54. The van der Waals surface area contributed by atoms with E-state index in [9.17, 15) is 4.79 Å². The van der Waals surface area contributed by atoms with Gasteiger partial charge in [-0.2, -0.15) is 0 Å². The highest BCUT2D eigenvalue weighted by Gasteiger charge is 2.29. The molecule has 0 saturated heterocycles. The molecular weight excluding hydrogens is 334 g/mol. The minimum Gasteiger partial charge on any atom is -0.493 e. The molecule has 25 heavy (non-hydrogen) atoms. The second-order valence-electron chi connectivity index (χ2n) is 7.85. The van der Waals surface area contributed by atoms with Crippen LogP contribution in [0.3, 0.4) is 0 Å². The lowest BCUT2D eigenvalue weighted by Crippen LogP contribution is -2.39. The van der Waals surface area contributed by atoms with Gasteiger partial charge in [-0.3, -0.25) is 4.79 Å². The summed E-state index contributed by atoms with van der Waals surface area (Å²) in [4.78, 5) is 11.9. The van der Waals surface area contributed by atoms with E-state index in [1.165, 1.54) is 19.8 Å². The summed E-state index contributed by atoms with van der Waals surface area (Å²) in [6.45, 7) is 8.35. The molecule has 0 spiro atoms. The number of carbonyl (C=O) groups is 1. The highest BCUT2D eigenvalue weighted by atomic mass is 32.1. The van der Waals surface area contributed by atoms with E-state index in [4.69, 9.17) is 21.7 Å². The van der Waals surface area contributed by atoms with E-state index < -0.39 is 0 Å². The van der Waals surface area contributed by atoms with Gasteiger partial charge in [0, 0.05) is 18.5 Å². The number of rotatable bonds is 4. The molecule has 5 heteroatoms. The lowest BCUT2D eigenvalue weighted by molar-refractivity contribution is -0.132. The fourth-order valence-electron chi connectivity index (χ4n) is 3.42. The first-order valence-electron chi connectivity index (χ1n) is 8.88. The van der Waals surface area contributed by atoms with Crippen molar-refractivity contribution in [2.24, 2.45) is 11.3 Å². The highest BCUT2D eigenvalue weighted by Crippen LogP contribution is 2.38. The molecule has 1 aliphatic rings. The van der Waals surface area contributed by atoms with Crippen LogP contribution in [0.25, 0.3) is 0 Å². The number of carbonyl (C=O) groups excluding carboxylic acids is 1. The van der Waals surface area contributed by atoms with Crippen LogP contribution in [0.5, 0.6) is 11.5 Å². The summed E-state index contributed by atoms with van der Waals surface area (Å²) in [6.07, 6.45) is 4.76. The lowest BCUT2D eigenvalue weighted by atomic mass is 9.71. The predicted octanol–water partition coefficient (Wildman–Crippen LogP) is 4.49. The maximum absolute atomic E-state index is 11.1. The van der Waals surface area contributed by atoms with E-state index in [0.29, 0.717) is 27.9 Å². The van der Waals surface area contributed by atoms with Crippen molar-refractivity contribution in [3.63, 3.8) is 0 Å². The molecule has 4 nitrogen and oxygen atoms in total. The van der Waals surface area contributed by atoms with Gasteiger partial charge in [-0.15, -0.1) is 0 Å².